The molecule has 0 radical (unpaired) electrons. The average molecular weight is 271 g/mol. The highest BCUT2D eigenvalue weighted by Gasteiger charge is 2.30. The largest absolute Gasteiger partial charge is 0.393 e. The van der Waals surface area contributed by atoms with Crippen LogP contribution in [0.4, 0.5) is 11.6 Å². The number of aliphatic hydroxyl groups is 1. The maximum Gasteiger partial charge on any atom is 0.153 e. The van der Waals surface area contributed by atoms with Gasteiger partial charge in [0.2, 0.25) is 0 Å². The standard InChI is InChI=1S/C12H19ClN4O/c1-12(2)5-8(18)3-4-17(6-12)11-9(13)10(14)15-7-16-11/h7-8,18H,3-6H2,1-2H3,(H2,14,15,16). The molecule has 1 saturated heterocycles. The molecule has 0 bridgehead atoms. The maximum atomic E-state index is 9.90. The number of nitrogens with zero attached hydrogens (tertiary/aromatic N) is 3. The van der Waals surface area contributed by atoms with Crippen LogP contribution in [0.1, 0.15) is 26.7 Å². The van der Waals surface area contributed by atoms with Crippen molar-refractivity contribution in [2.75, 3.05) is 23.7 Å². The summed E-state index contributed by atoms with van der Waals surface area (Å²) < 4.78 is 0. The Hall–Kier alpha value is -1.07. The van der Waals surface area contributed by atoms with Crippen LogP contribution in [0.5, 0.6) is 0 Å². The molecule has 1 aliphatic heterocycles. The lowest BCUT2D eigenvalue weighted by molar-refractivity contribution is 0.123. The van der Waals surface area contributed by atoms with Crippen LogP contribution in [0.25, 0.3) is 0 Å². The summed E-state index contributed by atoms with van der Waals surface area (Å²) in [6, 6.07) is 0. The number of rotatable bonds is 1. The molecule has 18 heavy (non-hydrogen) atoms. The summed E-state index contributed by atoms with van der Waals surface area (Å²) in [4.78, 5) is 10.2. The van der Waals surface area contributed by atoms with Gasteiger partial charge >= 0.3 is 0 Å². The molecule has 100 valence electrons. The van der Waals surface area contributed by atoms with Crippen LogP contribution in [0, 0.1) is 5.41 Å². The highest BCUT2D eigenvalue weighted by molar-refractivity contribution is 6.35. The predicted molar refractivity (Wildman–Crippen MR) is 72.7 cm³/mol. The van der Waals surface area contributed by atoms with E-state index >= 15 is 0 Å². The number of aliphatic hydroxyl groups excluding tert-OH is 1. The zero-order chi connectivity index (χ0) is 13.3. The zero-order valence-electron chi connectivity index (χ0n) is 10.7. The lowest BCUT2D eigenvalue weighted by Crippen LogP contribution is -2.33. The van der Waals surface area contributed by atoms with E-state index in [-0.39, 0.29) is 11.5 Å². The van der Waals surface area contributed by atoms with Gasteiger partial charge in [-0.25, -0.2) is 9.97 Å². The molecule has 2 rings (SSSR count). The number of anilines is 2. The first-order chi connectivity index (χ1) is 8.39. The van der Waals surface area contributed by atoms with E-state index < -0.39 is 0 Å². The molecule has 1 aromatic heterocycles. The van der Waals surface area contributed by atoms with Gasteiger partial charge in [0.05, 0.1) is 6.10 Å². The van der Waals surface area contributed by atoms with E-state index in [0.29, 0.717) is 23.1 Å². The molecule has 0 aliphatic carbocycles. The third-order valence-electron chi connectivity index (χ3n) is 3.24. The summed E-state index contributed by atoms with van der Waals surface area (Å²) >= 11 is 6.16. The molecule has 5 nitrogen and oxygen atoms in total. The number of hydrogen-bond acceptors (Lipinski definition) is 5. The van der Waals surface area contributed by atoms with Crippen LogP contribution in [0.15, 0.2) is 6.33 Å². The Morgan fingerprint density at radius 3 is 2.94 bits per heavy atom. The van der Waals surface area contributed by atoms with Crippen LogP contribution >= 0.6 is 11.6 Å². The minimum Gasteiger partial charge on any atom is -0.393 e. The van der Waals surface area contributed by atoms with Crippen molar-refractivity contribution in [2.24, 2.45) is 5.41 Å². The highest BCUT2D eigenvalue weighted by atomic mass is 35.5. The first-order valence-corrected chi connectivity index (χ1v) is 6.46. The first-order valence-electron chi connectivity index (χ1n) is 6.08. The summed E-state index contributed by atoms with van der Waals surface area (Å²) in [5.41, 5.74) is 5.72. The summed E-state index contributed by atoms with van der Waals surface area (Å²) in [5.74, 6) is 0.954. The highest BCUT2D eigenvalue weighted by Crippen LogP contribution is 2.34. The molecule has 6 heteroatoms. The van der Waals surface area contributed by atoms with Crippen molar-refractivity contribution in [2.45, 2.75) is 32.8 Å². The Bertz CT molecular complexity index is 438. The van der Waals surface area contributed by atoms with Gasteiger partial charge in [-0.15, -0.1) is 0 Å². The molecule has 1 atom stereocenters. The third kappa shape index (κ3) is 2.84. The Morgan fingerprint density at radius 1 is 1.50 bits per heavy atom. The van der Waals surface area contributed by atoms with Gasteiger partial charge in [0.15, 0.2) is 5.82 Å². The molecular weight excluding hydrogens is 252 g/mol. The van der Waals surface area contributed by atoms with Gasteiger partial charge in [0, 0.05) is 13.1 Å². The molecule has 3 N–H and O–H groups in total. The van der Waals surface area contributed by atoms with Gasteiger partial charge in [-0.3, -0.25) is 0 Å². The maximum absolute atomic E-state index is 9.90. The minimum atomic E-state index is -0.275. The number of nitrogen functional groups attached to an aromatic ring is 1. The predicted octanol–water partition coefficient (Wildman–Crippen LogP) is 1.70. The molecule has 1 unspecified atom stereocenters. The molecule has 1 fully saturated rings. The van der Waals surface area contributed by atoms with E-state index in [1.54, 1.807) is 0 Å². The lowest BCUT2D eigenvalue weighted by Gasteiger charge is -2.30. The van der Waals surface area contributed by atoms with Crippen molar-refractivity contribution in [3.8, 4) is 0 Å². The number of halogens is 1. The fourth-order valence-corrected chi connectivity index (χ4v) is 2.70. The van der Waals surface area contributed by atoms with Gasteiger partial charge in [0.25, 0.3) is 0 Å². The Morgan fingerprint density at radius 2 is 2.22 bits per heavy atom. The van der Waals surface area contributed by atoms with E-state index in [0.717, 1.165) is 19.5 Å². The van der Waals surface area contributed by atoms with Crippen LogP contribution in [-0.2, 0) is 0 Å². The van der Waals surface area contributed by atoms with Crippen LogP contribution in [0.2, 0.25) is 5.02 Å². The molecule has 1 aliphatic rings. The van der Waals surface area contributed by atoms with Crippen molar-refractivity contribution in [3.05, 3.63) is 11.3 Å². The van der Waals surface area contributed by atoms with Crippen molar-refractivity contribution < 1.29 is 5.11 Å². The van der Waals surface area contributed by atoms with E-state index in [1.807, 2.05) is 0 Å². The number of nitrogens with two attached hydrogens (primary N) is 1. The fourth-order valence-electron chi connectivity index (χ4n) is 2.48. The van der Waals surface area contributed by atoms with E-state index in [2.05, 4.69) is 28.7 Å². The van der Waals surface area contributed by atoms with E-state index in [4.69, 9.17) is 17.3 Å². The van der Waals surface area contributed by atoms with Crippen molar-refractivity contribution >= 4 is 23.2 Å². The van der Waals surface area contributed by atoms with Gasteiger partial charge in [0.1, 0.15) is 17.2 Å². The summed E-state index contributed by atoms with van der Waals surface area (Å²) in [6.45, 7) is 5.78. The monoisotopic (exact) mass is 270 g/mol. The molecule has 2 heterocycles. The van der Waals surface area contributed by atoms with Crippen molar-refractivity contribution in [3.63, 3.8) is 0 Å². The third-order valence-corrected chi connectivity index (χ3v) is 3.60. The van der Waals surface area contributed by atoms with Gasteiger partial charge in [-0.05, 0) is 18.3 Å². The molecule has 0 amide bonds. The van der Waals surface area contributed by atoms with E-state index in [9.17, 15) is 5.11 Å². The second kappa shape index (κ2) is 4.90. The van der Waals surface area contributed by atoms with Gasteiger partial charge in [-0.2, -0.15) is 0 Å². The van der Waals surface area contributed by atoms with Crippen molar-refractivity contribution in [1.29, 1.82) is 0 Å². The van der Waals surface area contributed by atoms with Crippen molar-refractivity contribution in [1.82, 2.24) is 9.97 Å². The topological polar surface area (TPSA) is 75.3 Å². The number of hydrogen-bond donors (Lipinski definition) is 2. The summed E-state index contributed by atoms with van der Waals surface area (Å²) in [5, 5.41) is 10.3. The molecule has 0 saturated carbocycles. The lowest BCUT2D eigenvalue weighted by atomic mass is 9.87. The Balaban J connectivity index is 2.29. The van der Waals surface area contributed by atoms with Crippen LogP contribution in [0.3, 0.4) is 0 Å². The van der Waals surface area contributed by atoms with Gasteiger partial charge in [-0.1, -0.05) is 25.4 Å². The van der Waals surface area contributed by atoms with Gasteiger partial charge < -0.3 is 15.7 Å². The summed E-state index contributed by atoms with van der Waals surface area (Å²) in [7, 11) is 0. The zero-order valence-corrected chi connectivity index (χ0v) is 11.5. The molecule has 0 spiro atoms. The second-order valence-electron chi connectivity index (χ2n) is 5.63. The second-order valence-corrected chi connectivity index (χ2v) is 6.01. The number of aromatic nitrogens is 2. The fraction of sp³-hybridized carbons (Fsp3) is 0.667. The Labute approximate surface area is 112 Å². The van der Waals surface area contributed by atoms with E-state index in [1.165, 1.54) is 6.33 Å². The van der Waals surface area contributed by atoms with Crippen LogP contribution < -0.4 is 10.6 Å². The molecule has 1 aromatic rings. The average Bonchev–Trinajstić information content (AvgIpc) is 2.40. The quantitative estimate of drug-likeness (QED) is 0.812. The smallest absolute Gasteiger partial charge is 0.153 e. The minimum absolute atomic E-state index is 0.0129. The SMILES string of the molecule is CC1(C)CC(O)CCN(c2ncnc(N)c2Cl)C1. The molecular formula is C12H19ClN4O. The van der Waals surface area contributed by atoms with Crippen LogP contribution in [-0.4, -0.2) is 34.3 Å². The Kier molecular flexibility index (Phi) is 3.64. The normalized spacial score (nSPS) is 23.8. The first kappa shape index (κ1) is 13.4. The summed E-state index contributed by atoms with van der Waals surface area (Å²) in [6.07, 6.45) is 2.64. The molecule has 0 aromatic carbocycles.